The van der Waals surface area contributed by atoms with Gasteiger partial charge in [-0.3, -0.25) is 0 Å². The van der Waals surface area contributed by atoms with Gasteiger partial charge in [-0.1, -0.05) is 27.7 Å². The van der Waals surface area contributed by atoms with Gasteiger partial charge in [-0.15, -0.1) is 0 Å². The first-order chi connectivity index (χ1) is 13.6. The van der Waals surface area contributed by atoms with Gasteiger partial charge in [0.2, 0.25) is 0 Å². The highest BCUT2D eigenvalue weighted by molar-refractivity contribution is 5.52. The number of rotatable bonds is 4. The van der Waals surface area contributed by atoms with Crippen LogP contribution in [0.2, 0.25) is 0 Å². The number of carbonyl (C=O) groups is 2. The van der Waals surface area contributed by atoms with Crippen LogP contribution < -0.4 is 10.6 Å². The molecule has 0 radical (unpaired) electrons. The van der Waals surface area contributed by atoms with Gasteiger partial charge >= 0.3 is 0 Å². The normalized spacial score (nSPS) is 23.1. The van der Waals surface area contributed by atoms with E-state index >= 15 is 0 Å². The molecule has 174 valence electrons. The highest BCUT2D eigenvalue weighted by Crippen LogP contribution is 2.14. The van der Waals surface area contributed by atoms with Crippen molar-refractivity contribution in [3.8, 4) is 0 Å². The monoisotopic (exact) mass is 414 g/mol. The van der Waals surface area contributed by atoms with Gasteiger partial charge in [0.05, 0.1) is 0 Å². The Morgan fingerprint density at radius 2 is 1.28 bits per heavy atom. The van der Waals surface area contributed by atoms with Crippen molar-refractivity contribution in [2.24, 2.45) is 11.8 Å². The van der Waals surface area contributed by atoms with Gasteiger partial charge in [0, 0.05) is 30.0 Å². The molecular weight excluding hydrogens is 364 g/mol. The van der Waals surface area contributed by atoms with E-state index in [0.29, 0.717) is 12.1 Å². The predicted molar refractivity (Wildman–Crippen MR) is 126 cm³/mol. The zero-order chi connectivity index (χ0) is 22.8. The number of carbonyl (C=O) groups excluding carboxylic acids is 2. The Morgan fingerprint density at radius 1 is 0.828 bits per heavy atom. The first-order valence-corrected chi connectivity index (χ1v) is 11.3. The molecule has 2 rings (SSSR count). The summed E-state index contributed by atoms with van der Waals surface area (Å²) in [7, 11) is 8.50. The second-order valence-corrected chi connectivity index (χ2v) is 8.89. The Balaban J connectivity index is 0. The van der Waals surface area contributed by atoms with Crippen molar-refractivity contribution >= 4 is 12.6 Å². The number of likely N-dealkylation sites (N-methyl/N-ethyl adjacent to an activating group) is 2. The molecule has 0 aromatic carbocycles. The van der Waals surface area contributed by atoms with Crippen LogP contribution in [0, 0.1) is 11.8 Å². The zero-order valence-corrected chi connectivity index (χ0v) is 20.7. The van der Waals surface area contributed by atoms with Crippen molar-refractivity contribution in [2.75, 3.05) is 47.8 Å². The Hall–Kier alpha value is -0.820. The van der Waals surface area contributed by atoms with Crippen molar-refractivity contribution < 1.29 is 9.59 Å². The quantitative estimate of drug-likeness (QED) is 0.690. The van der Waals surface area contributed by atoms with Gasteiger partial charge in [-0.25, -0.2) is 0 Å². The molecule has 0 spiro atoms. The Bertz CT molecular complexity index is 371. The minimum absolute atomic E-state index is 0.204. The number of hydrogen-bond acceptors (Lipinski definition) is 6. The first-order valence-electron chi connectivity index (χ1n) is 11.3. The average Bonchev–Trinajstić information content (AvgIpc) is 2.72. The summed E-state index contributed by atoms with van der Waals surface area (Å²) in [5.74, 6) is 0.407. The lowest BCUT2D eigenvalue weighted by atomic mass is 9.98. The second-order valence-electron chi connectivity index (χ2n) is 8.89. The Labute approximate surface area is 181 Å². The van der Waals surface area contributed by atoms with Crippen LogP contribution in [0.5, 0.6) is 0 Å². The van der Waals surface area contributed by atoms with E-state index in [9.17, 15) is 9.59 Å². The maximum Gasteiger partial charge on any atom is 0.122 e. The van der Waals surface area contributed by atoms with Crippen LogP contribution in [0.25, 0.3) is 0 Å². The molecule has 6 heteroatoms. The van der Waals surface area contributed by atoms with Crippen molar-refractivity contribution in [3.63, 3.8) is 0 Å². The number of likely N-dealkylation sites (tertiary alicyclic amines) is 2. The summed E-state index contributed by atoms with van der Waals surface area (Å²) < 4.78 is 0. The number of nitrogens with zero attached hydrogens (tertiary/aromatic N) is 2. The third-order valence-electron chi connectivity index (χ3n) is 5.35. The summed E-state index contributed by atoms with van der Waals surface area (Å²) in [6.07, 6.45) is 7.13. The van der Waals surface area contributed by atoms with Crippen LogP contribution >= 0.6 is 0 Å². The van der Waals surface area contributed by atoms with Gasteiger partial charge in [-0.2, -0.15) is 0 Å². The molecule has 2 aliphatic rings. The van der Waals surface area contributed by atoms with Crippen LogP contribution in [0.1, 0.15) is 60.3 Å². The molecule has 0 aliphatic carbocycles. The molecule has 2 heterocycles. The van der Waals surface area contributed by atoms with E-state index in [1.807, 2.05) is 27.7 Å². The summed E-state index contributed by atoms with van der Waals surface area (Å²) in [6, 6.07) is 2.19. The fourth-order valence-corrected chi connectivity index (χ4v) is 3.00. The smallest absolute Gasteiger partial charge is 0.122 e. The highest BCUT2D eigenvalue weighted by atomic mass is 16.1. The van der Waals surface area contributed by atoms with Crippen molar-refractivity contribution in [2.45, 2.75) is 78.4 Å². The Morgan fingerprint density at radius 3 is 1.59 bits per heavy atom. The van der Waals surface area contributed by atoms with Gasteiger partial charge in [0.15, 0.2) is 0 Å². The van der Waals surface area contributed by atoms with Gasteiger partial charge in [0.1, 0.15) is 12.6 Å². The molecular formula is C23H50N4O2. The summed E-state index contributed by atoms with van der Waals surface area (Å²) in [5, 5.41) is 6.64. The topological polar surface area (TPSA) is 64.7 Å². The molecule has 2 saturated heterocycles. The van der Waals surface area contributed by atoms with E-state index in [-0.39, 0.29) is 11.8 Å². The molecule has 2 aliphatic heterocycles. The number of nitrogens with one attached hydrogen (secondary N) is 2. The highest BCUT2D eigenvalue weighted by Gasteiger charge is 2.23. The molecule has 2 N–H and O–H groups in total. The fraction of sp³-hybridized carbons (Fsp3) is 0.913. The van der Waals surface area contributed by atoms with E-state index in [4.69, 9.17) is 0 Å². The molecule has 2 fully saturated rings. The number of piperidine rings is 2. The molecule has 2 atom stereocenters. The van der Waals surface area contributed by atoms with E-state index in [1.54, 1.807) is 0 Å². The predicted octanol–water partition coefficient (Wildman–Crippen LogP) is 2.67. The summed E-state index contributed by atoms with van der Waals surface area (Å²) in [5.41, 5.74) is 0. The van der Waals surface area contributed by atoms with E-state index in [1.165, 1.54) is 45.3 Å². The van der Waals surface area contributed by atoms with Gasteiger partial charge < -0.3 is 30.0 Å². The van der Waals surface area contributed by atoms with Crippen LogP contribution in [-0.4, -0.2) is 88.3 Å². The molecule has 0 amide bonds. The number of hydrogen-bond donors (Lipinski definition) is 2. The van der Waals surface area contributed by atoms with Crippen LogP contribution in [0.4, 0.5) is 0 Å². The molecule has 0 aromatic heterocycles. The molecule has 2 unspecified atom stereocenters. The SMILES string of the molecule is CC(C)C=O.CC(C)C=O.CNC1CCCN(C)C1C.CNC1CCN(C)CC1. The van der Waals surface area contributed by atoms with Gasteiger partial charge in [-0.05, 0) is 80.4 Å². The maximum atomic E-state index is 9.50. The zero-order valence-electron chi connectivity index (χ0n) is 20.7. The van der Waals surface area contributed by atoms with Crippen LogP contribution in [0.15, 0.2) is 0 Å². The number of aldehydes is 2. The van der Waals surface area contributed by atoms with Crippen molar-refractivity contribution in [1.82, 2.24) is 20.4 Å². The van der Waals surface area contributed by atoms with E-state index < -0.39 is 0 Å². The average molecular weight is 415 g/mol. The minimum Gasteiger partial charge on any atom is -0.317 e. The lowest BCUT2D eigenvalue weighted by molar-refractivity contribution is -0.110. The third-order valence-corrected chi connectivity index (χ3v) is 5.35. The second kappa shape index (κ2) is 19.2. The first kappa shape index (κ1) is 30.4. The maximum absolute atomic E-state index is 9.50. The van der Waals surface area contributed by atoms with Crippen molar-refractivity contribution in [3.05, 3.63) is 0 Å². The van der Waals surface area contributed by atoms with Crippen molar-refractivity contribution in [1.29, 1.82) is 0 Å². The molecule has 0 bridgehead atoms. The molecule has 29 heavy (non-hydrogen) atoms. The van der Waals surface area contributed by atoms with Gasteiger partial charge in [0.25, 0.3) is 0 Å². The minimum atomic E-state index is 0.204. The van der Waals surface area contributed by atoms with E-state index in [2.05, 4.69) is 55.5 Å². The largest absolute Gasteiger partial charge is 0.317 e. The lowest BCUT2D eigenvalue weighted by Crippen LogP contribution is -2.49. The van der Waals surface area contributed by atoms with Crippen LogP contribution in [-0.2, 0) is 9.59 Å². The Kier molecular flexibility index (Phi) is 20.1. The standard InChI is InChI=1S/C8H18N2.C7H16N2.2C4H8O/c1-7-8(9-2)5-4-6-10(7)3;1-8-7-3-5-9(2)6-4-7;2*1-4(2)3-5/h7-9H,4-6H2,1-3H3;7-8H,3-6H2,1-2H3;2*3-4H,1-2H3. The van der Waals surface area contributed by atoms with E-state index in [0.717, 1.165) is 18.6 Å². The molecule has 6 nitrogen and oxygen atoms in total. The fourth-order valence-electron chi connectivity index (χ4n) is 3.00. The van der Waals surface area contributed by atoms with Crippen LogP contribution in [0.3, 0.4) is 0 Å². The lowest BCUT2D eigenvalue weighted by Gasteiger charge is -2.36. The summed E-state index contributed by atoms with van der Waals surface area (Å²) in [4.78, 5) is 23.8. The summed E-state index contributed by atoms with van der Waals surface area (Å²) >= 11 is 0. The molecule has 0 saturated carbocycles. The summed E-state index contributed by atoms with van der Waals surface area (Å²) in [6.45, 7) is 13.5. The molecule has 0 aromatic rings. The third kappa shape index (κ3) is 17.7.